The second-order valence-corrected chi connectivity index (χ2v) is 7.24. The molecule has 1 aromatic heterocycles. The summed E-state index contributed by atoms with van der Waals surface area (Å²) in [5, 5.41) is 2.56. The maximum absolute atomic E-state index is 2.40. The fourth-order valence-corrected chi connectivity index (χ4v) is 4.38. The minimum absolute atomic E-state index is 0.960. The molecular weight excluding hydrogens is 312 g/mol. The van der Waals surface area contributed by atoms with E-state index in [0.717, 1.165) is 6.54 Å². The lowest BCUT2D eigenvalue weighted by atomic mass is 10.1. The summed E-state index contributed by atoms with van der Waals surface area (Å²) in [5.74, 6) is 0. The van der Waals surface area contributed by atoms with E-state index in [-0.39, 0.29) is 0 Å². The van der Waals surface area contributed by atoms with Gasteiger partial charge < -0.3 is 4.90 Å². The number of anilines is 1. The number of hydrogen-bond acceptors (Lipinski definition) is 2. The molecule has 24 heavy (non-hydrogen) atoms. The first-order valence-corrected chi connectivity index (χ1v) is 9.14. The number of nitrogens with zero attached hydrogens (tertiary/aromatic N) is 2. The highest BCUT2D eigenvalue weighted by Gasteiger charge is 2.23. The van der Waals surface area contributed by atoms with Crippen molar-refractivity contribution < 1.29 is 4.57 Å². The molecule has 3 heteroatoms. The van der Waals surface area contributed by atoms with Gasteiger partial charge in [-0.25, -0.2) is 0 Å². The molecule has 0 fully saturated rings. The van der Waals surface area contributed by atoms with Crippen LogP contribution in [0.25, 0.3) is 17.0 Å². The van der Waals surface area contributed by atoms with Gasteiger partial charge in [-0.15, -0.1) is 0 Å². The predicted molar refractivity (Wildman–Crippen MR) is 103 cm³/mol. The maximum Gasteiger partial charge on any atom is 0.213 e. The second-order valence-electron chi connectivity index (χ2n) is 6.18. The van der Waals surface area contributed by atoms with Crippen molar-refractivity contribution in [3.8, 4) is 0 Å². The molecule has 0 radical (unpaired) electrons. The molecule has 0 unspecified atom stereocenters. The molecule has 0 spiro atoms. The van der Waals surface area contributed by atoms with Crippen LogP contribution in [0.15, 0.2) is 64.5 Å². The van der Waals surface area contributed by atoms with E-state index in [9.17, 15) is 0 Å². The van der Waals surface area contributed by atoms with E-state index >= 15 is 0 Å². The average molecular weight is 333 g/mol. The van der Waals surface area contributed by atoms with Crippen LogP contribution in [-0.4, -0.2) is 7.05 Å². The molecule has 2 aromatic carbocycles. The predicted octanol–water partition coefficient (Wildman–Crippen LogP) is 5.00. The first-order chi connectivity index (χ1) is 11.7. The van der Waals surface area contributed by atoms with Gasteiger partial charge in [0.05, 0.1) is 10.7 Å². The number of rotatable bonds is 2. The summed E-state index contributed by atoms with van der Waals surface area (Å²) in [5.41, 5.74) is 5.13. The molecule has 0 amide bonds. The van der Waals surface area contributed by atoms with Gasteiger partial charge in [0.1, 0.15) is 6.54 Å². The number of fused-ring (bicyclic) bond motifs is 2. The van der Waals surface area contributed by atoms with Gasteiger partial charge in [-0.2, -0.15) is 4.57 Å². The van der Waals surface area contributed by atoms with Crippen molar-refractivity contribution in [1.82, 2.24) is 0 Å². The minimum Gasteiger partial charge on any atom is -0.338 e. The lowest BCUT2D eigenvalue weighted by Crippen LogP contribution is -2.37. The normalized spacial score (nSPS) is 15.3. The van der Waals surface area contributed by atoms with Crippen LogP contribution in [0.4, 0.5) is 5.69 Å². The molecule has 0 saturated carbocycles. The molecule has 3 aromatic rings. The fourth-order valence-electron chi connectivity index (χ4n) is 3.28. The molecule has 0 atom stereocenters. The number of pyridine rings is 1. The van der Waals surface area contributed by atoms with Crippen LogP contribution in [0.1, 0.15) is 18.2 Å². The summed E-state index contributed by atoms with van der Waals surface area (Å²) in [6.07, 6.45) is 2.30. The number of para-hydroxylation sites is 1. The SMILES string of the molecule is CC[n+]1c(/C=C2\Sc3ccccc3N2C)ccc2ccc(C)cc21. The summed E-state index contributed by atoms with van der Waals surface area (Å²) in [6.45, 7) is 5.33. The van der Waals surface area contributed by atoms with Crippen molar-refractivity contribution in [2.24, 2.45) is 0 Å². The largest absolute Gasteiger partial charge is 0.338 e. The van der Waals surface area contributed by atoms with Gasteiger partial charge in [-0.1, -0.05) is 30.0 Å². The Morgan fingerprint density at radius 3 is 2.67 bits per heavy atom. The smallest absolute Gasteiger partial charge is 0.213 e. The Kier molecular flexibility index (Phi) is 3.81. The number of aryl methyl sites for hydroxylation is 2. The summed E-state index contributed by atoms with van der Waals surface area (Å²) in [7, 11) is 2.14. The highest BCUT2D eigenvalue weighted by atomic mass is 32.2. The Hall–Kier alpha value is -2.26. The van der Waals surface area contributed by atoms with Crippen LogP contribution >= 0.6 is 11.8 Å². The van der Waals surface area contributed by atoms with Gasteiger partial charge in [-0.3, -0.25) is 0 Å². The summed E-state index contributed by atoms with van der Waals surface area (Å²) in [6, 6.07) is 19.7. The fraction of sp³-hybridized carbons (Fsp3) is 0.190. The Morgan fingerprint density at radius 1 is 1.08 bits per heavy atom. The van der Waals surface area contributed by atoms with Crippen LogP contribution in [-0.2, 0) is 6.54 Å². The van der Waals surface area contributed by atoms with Gasteiger partial charge in [0.25, 0.3) is 0 Å². The number of benzene rings is 2. The van der Waals surface area contributed by atoms with Crippen LogP contribution < -0.4 is 9.47 Å². The number of aromatic nitrogens is 1. The highest BCUT2D eigenvalue weighted by Crippen LogP contribution is 2.45. The number of hydrogen-bond donors (Lipinski definition) is 0. The standard InChI is InChI=1S/C21H21N2S/c1-4-23-17(12-11-16-10-9-15(2)13-19(16)23)14-21-22(3)18-7-5-6-8-20(18)24-21/h5-14H,4H2,1-3H3/q+1. The van der Waals surface area contributed by atoms with Crippen LogP contribution in [0, 0.1) is 6.92 Å². The lowest BCUT2D eigenvalue weighted by molar-refractivity contribution is -0.669. The average Bonchev–Trinajstić information content (AvgIpc) is 2.91. The molecule has 1 aliphatic rings. The van der Waals surface area contributed by atoms with Crippen molar-refractivity contribution in [1.29, 1.82) is 0 Å². The van der Waals surface area contributed by atoms with Crippen LogP contribution in [0.3, 0.4) is 0 Å². The van der Waals surface area contributed by atoms with Crippen molar-refractivity contribution in [3.63, 3.8) is 0 Å². The van der Waals surface area contributed by atoms with E-state index < -0.39 is 0 Å². The van der Waals surface area contributed by atoms with Crippen LogP contribution in [0.5, 0.6) is 0 Å². The molecular formula is C21H21N2S+. The van der Waals surface area contributed by atoms with Crippen molar-refractivity contribution >= 4 is 34.4 Å². The quantitative estimate of drug-likeness (QED) is 0.610. The van der Waals surface area contributed by atoms with Gasteiger partial charge in [0.2, 0.25) is 11.2 Å². The van der Waals surface area contributed by atoms with Gasteiger partial charge >= 0.3 is 0 Å². The van der Waals surface area contributed by atoms with Crippen molar-refractivity contribution in [3.05, 3.63) is 70.9 Å². The Balaban J connectivity index is 1.83. The molecule has 2 heterocycles. The summed E-state index contributed by atoms with van der Waals surface area (Å²) < 4.78 is 2.40. The minimum atomic E-state index is 0.960. The second kappa shape index (κ2) is 5.99. The van der Waals surface area contributed by atoms with Gasteiger partial charge in [-0.05, 0) is 43.7 Å². The van der Waals surface area contributed by atoms with Crippen molar-refractivity contribution in [2.45, 2.75) is 25.3 Å². The Labute approximate surface area is 147 Å². The van der Waals surface area contributed by atoms with Crippen LogP contribution in [0.2, 0.25) is 0 Å². The van der Waals surface area contributed by atoms with Gasteiger partial charge in [0, 0.05) is 35.5 Å². The summed E-state index contributed by atoms with van der Waals surface area (Å²) in [4.78, 5) is 3.60. The third kappa shape index (κ3) is 2.49. The van der Waals surface area contributed by atoms with E-state index in [1.54, 1.807) is 0 Å². The van der Waals surface area contributed by atoms with E-state index in [1.165, 1.54) is 37.8 Å². The van der Waals surface area contributed by atoms with E-state index in [1.807, 2.05) is 11.8 Å². The first kappa shape index (κ1) is 15.3. The molecule has 0 bridgehead atoms. The lowest BCUT2D eigenvalue weighted by Gasteiger charge is -2.13. The zero-order chi connectivity index (χ0) is 16.7. The van der Waals surface area contributed by atoms with E-state index in [2.05, 4.69) is 91.0 Å². The zero-order valence-corrected chi connectivity index (χ0v) is 15.1. The molecule has 0 saturated heterocycles. The molecule has 1 aliphatic heterocycles. The van der Waals surface area contributed by atoms with Gasteiger partial charge in [0.15, 0.2) is 0 Å². The molecule has 4 rings (SSSR count). The molecule has 120 valence electrons. The monoisotopic (exact) mass is 333 g/mol. The third-order valence-electron chi connectivity index (χ3n) is 4.58. The summed E-state index contributed by atoms with van der Waals surface area (Å²) >= 11 is 1.84. The highest BCUT2D eigenvalue weighted by molar-refractivity contribution is 8.03. The maximum atomic E-state index is 2.40. The Bertz CT molecular complexity index is 959. The number of thioether (sulfide) groups is 1. The molecule has 0 N–H and O–H groups in total. The molecule has 2 nitrogen and oxygen atoms in total. The van der Waals surface area contributed by atoms with E-state index in [0.29, 0.717) is 0 Å². The molecule has 0 aliphatic carbocycles. The topological polar surface area (TPSA) is 7.12 Å². The van der Waals surface area contributed by atoms with E-state index in [4.69, 9.17) is 0 Å². The first-order valence-electron chi connectivity index (χ1n) is 8.33. The third-order valence-corrected chi connectivity index (χ3v) is 5.75. The Morgan fingerprint density at radius 2 is 1.88 bits per heavy atom. The van der Waals surface area contributed by atoms with Crippen molar-refractivity contribution in [2.75, 3.05) is 11.9 Å². The zero-order valence-electron chi connectivity index (χ0n) is 14.3.